The van der Waals surface area contributed by atoms with E-state index in [4.69, 9.17) is 9.84 Å². The molecule has 1 aliphatic rings. The fraction of sp³-hybridized carbons (Fsp3) is 0.300. The van der Waals surface area contributed by atoms with Crippen LogP contribution in [0, 0.1) is 0 Å². The van der Waals surface area contributed by atoms with Gasteiger partial charge in [-0.3, -0.25) is 0 Å². The quantitative estimate of drug-likeness (QED) is 0.669. The molecule has 0 radical (unpaired) electrons. The van der Waals surface area contributed by atoms with Gasteiger partial charge in [0.05, 0.1) is 5.56 Å². The van der Waals surface area contributed by atoms with E-state index in [0.29, 0.717) is 5.56 Å². The van der Waals surface area contributed by atoms with Crippen molar-refractivity contribution in [3.8, 4) is 5.75 Å². The molecule has 0 spiro atoms. The number of phenols is 1. The Bertz CT molecular complexity index is 357. The minimum atomic E-state index is -0.335. The average molecular weight is 178 g/mol. The molecule has 1 aromatic carbocycles. The summed E-state index contributed by atoms with van der Waals surface area (Å²) in [6.07, 6.45) is 0.631. The van der Waals surface area contributed by atoms with Gasteiger partial charge in [0.25, 0.3) is 0 Å². The Hall–Kier alpha value is -1.51. The number of ether oxygens (including phenoxy) is 1. The second kappa shape index (κ2) is 2.76. The van der Waals surface area contributed by atoms with E-state index in [-0.39, 0.29) is 17.8 Å². The Morgan fingerprint density at radius 3 is 3.00 bits per heavy atom. The van der Waals surface area contributed by atoms with Crippen molar-refractivity contribution in [1.82, 2.24) is 0 Å². The second-order valence-electron chi connectivity index (χ2n) is 3.07. The molecule has 1 heterocycles. The summed E-state index contributed by atoms with van der Waals surface area (Å²) in [4.78, 5) is 11.3. The Morgan fingerprint density at radius 2 is 2.31 bits per heavy atom. The number of hydrogen-bond donors (Lipinski definition) is 1. The van der Waals surface area contributed by atoms with Gasteiger partial charge in [-0.1, -0.05) is 13.0 Å². The summed E-state index contributed by atoms with van der Waals surface area (Å²) < 4.78 is 5.09. The van der Waals surface area contributed by atoms with Gasteiger partial charge in [-0.15, -0.1) is 0 Å². The Kier molecular flexibility index (Phi) is 1.72. The molecular formula is C10H10O3. The Morgan fingerprint density at radius 1 is 1.54 bits per heavy atom. The standard InChI is InChI=1S/C10H10O3/c1-2-9-7-4-3-6(11)5-8(7)10(12)13-9/h3-5,9,11H,2H2,1H3/t9-/m1/s1. The summed E-state index contributed by atoms with van der Waals surface area (Å²) >= 11 is 0. The molecule has 3 nitrogen and oxygen atoms in total. The molecule has 0 saturated carbocycles. The first kappa shape index (κ1) is 8.10. The molecular weight excluding hydrogens is 168 g/mol. The average Bonchev–Trinajstić information content (AvgIpc) is 2.43. The highest BCUT2D eigenvalue weighted by Crippen LogP contribution is 2.34. The van der Waals surface area contributed by atoms with Crippen molar-refractivity contribution in [2.24, 2.45) is 0 Å². The van der Waals surface area contributed by atoms with Gasteiger partial charge in [0, 0.05) is 5.56 Å². The van der Waals surface area contributed by atoms with Crippen LogP contribution in [0.25, 0.3) is 0 Å². The van der Waals surface area contributed by atoms with Crippen molar-refractivity contribution < 1.29 is 14.6 Å². The molecule has 0 aliphatic carbocycles. The molecule has 13 heavy (non-hydrogen) atoms. The van der Waals surface area contributed by atoms with Crippen LogP contribution in [0.1, 0.15) is 35.4 Å². The zero-order valence-corrected chi connectivity index (χ0v) is 7.28. The highest BCUT2D eigenvalue weighted by Gasteiger charge is 2.29. The number of cyclic esters (lactones) is 1. The fourth-order valence-corrected chi connectivity index (χ4v) is 1.56. The van der Waals surface area contributed by atoms with Gasteiger partial charge >= 0.3 is 5.97 Å². The SMILES string of the molecule is CC[C@H]1OC(=O)c2cc(O)ccc21. The normalized spacial score (nSPS) is 19.8. The van der Waals surface area contributed by atoms with Gasteiger partial charge in [0.1, 0.15) is 11.9 Å². The number of carbonyl (C=O) groups excluding carboxylic acids is 1. The van der Waals surface area contributed by atoms with Gasteiger partial charge in [-0.2, -0.15) is 0 Å². The number of benzene rings is 1. The van der Waals surface area contributed by atoms with Crippen LogP contribution in [0.3, 0.4) is 0 Å². The minimum Gasteiger partial charge on any atom is -0.508 e. The fourth-order valence-electron chi connectivity index (χ4n) is 1.56. The summed E-state index contributed by atoms with van der Waals surface area (Å²) in [6, 6.07) is 4.76. The van der Waals surface area contributed by atoms with Crippen molar-refractivity contribution in [1.29, 1.82) is 0 Å². The van der Waals surface area contributed by atoms with Crippen LogP contribution in [0.15, 0.2) is 18.2 Å². The lowest BCUT2D eigenvalue weighted by atomic mass is 10.0. The Balaban J connectivity index is 2.52. The van der Waals surface area contributed by atoms with E-state index >= 15 is 0 Å². The highest BCUT2D eigenvalue weighted by atomic mass is 16.5. The molecule has 0 aromatic heterocycles. The number of carbonyl (C=O) groups is 1. The lowest BCUT2D eigenvalue weighted by Crippen LogP contribution is -1.96. The number of rotatable bonds is 1. The van der Waals surface area contributed by atoms with Crippen LogP contribution in [-0.4, -0.2) is 11.1 Å². The molecule has 3 heteroatoms. The number of fused-ring (bicyclic) bond motifs is 1. The summed E-state index contributed by atoms with van der Waals surface area (Å²) in [5.41, 5.74) is 1.37. The van der Waals surface area contributed by atoms with Gasteiger partial charge in [-0.25, -0.2) is 4.79 Å². The molecule has 0 fully saturated rings. The van der Waals surface area contributed by atoms with Crippen LogP contribution in [0.2, 0.25) is 0 Å². The highest BCUT2D eigenvalue weighted by molar-refractivity contribution is 5.94. The van der Waals surface area contributed by atoms with E-state index < -0.39 is 0 Å². The van der Waals surface area contributed by atoms with Gasteiger partial charge < -0.3 is 9.84 Å². The third kappa shape index (κ3) is 1.16. The van der Waals surface area contributed by atoms with Gasteiger partial charge in [0.2, 0.25) is 0 Å². The van der Waals surface area contributed by atoms with E-state index in [1.807, 2.05) is 6.92 Å². The van der Waals surface area contributed by atoms with Crippen LogP contribution >= 0.6 is 0 Å². The van der Waals surface area contributed by atoms with Crippen molar-refractivity contribution in [2.45, 2.75) is 19.4 Å². The summed E-state index contributed by atoms with van der Waals surface area (Å²) in [6.45, 7) is 1.96. The largest absolute Gasteiger partial charge is 0.508 e. The lowest BCUT2D eigenvalue weighted by Gasteiger charge is -2.05. The zero-order valence-electron chi connectivity index (χ0n) is 7.28. The molecule has 0 amide bonds. The van der Waals surface area contributed by atoms with Crippen LogP contribution in [-0.2, 0) is 4.74 Å². The molecule has 1 atom stereocenters. The van der Waals surface area contributed by atoms with Crippen molar-refractivity contribution in [3.05, 3.63) is 29.3 Å². The van der Waals surface area contributed by atoms with E-state index in [1.165, 1.54) is 6.07 Å². The van der Waals surface area contributed by atoms with Gasteiger partial charge in [-0.05, 0) is 18.6 Å². The Labute approximate surface area is 76.0 Å². The number of esters is 1. The second-order valence-corrected chi connectivity index (χ2v) is 3.07. The van der Waals surface area contributed by atoms with Crippen molar-refractivity contribution in [3.63, 3.8) is 0 Å². The number of hydrogen-bond acceptors (Lipinski definition) is 3. The molecule has 0 saturated heterocycles. The van der Waals surface area contributed by atoms with Gasteiger partial charge in [0.15, 0.2) is 0 Å². The van der Waals surface area contributed by atoms with Crippen LogP contribution < -0.4 is 0 Å². The molecule has 68 valence electrons. The number of phenolic OH excluding ortho intramolecular Hbond substituents is 1. The molecule has 1 N–H and O–H groups in total. The van der Waals surface area contributed by atoms with Crippen molar-refractivity contribution in [2.75, 3.05) is 0 Å². The summed E-state index contributed by atoms with van der Waals surface area (Å²) in [5.74, 6) is -0.231. The maximum atomic E-state index is 11.3. The molecule has 2 rings (SSSR count). The lowest BCUT2D eigenvalue weighted by molar-refractivity contribution is 0.0378. The van der Waals surface area contributed by atoms with E-state index in [2.05, 4.69) is 0 Å². The molecule has 0 unspecified atom stereocenters. The predicted molar refractivity (Wildman–Crippen MR) is 46.6 cm³/mol. The van der Waals surface area contributed by atoms with Crippen LogP contribution in [0.5, 0.6) is 5.75 Å². The van der Waals surface area contributed by atoms with Crippen molar-refractivity contribution >= 4 is 5.97 Å². The molecule has 0 bridgehead atoms. The number of aromatic hydroxyl groups is 1. The predicted octanol–water partition coefficient (Wildman–Crippen LogP) is 2.01. The van der Waals surface area contributed by atoms with Crippen LogP contribution in [0.4, 0.5) is 0 Å². The van der Waals surface area contributed by atoms with E-state index in [0.717, 1.165) is 12.0 Å². The molecule has 1 aromatic rings. The minimum absolute atomic E-state index is 0.104. The first-order valence-electron chi connectivity index (χ1n) is 4.26. The smallest absolute Gasteiger partial charge is 0.339 e. The van der Waals surface area contributed by atoms with E-state index in [9.17, 15) is 4.79 Å². The monoisotopic (exact) mass is 178 g/mol. The summed E-state index contributed by atoms with van der Waals surface area (Å²) in [7, 11) is 0. The first-order valence-corrected chi connectivity index (χ1v) is 4.26. The third-order valence-electron chi connectivity index (χ3n) is 2.22. The summed E-state index contributed by atoms with van der Waals surface area (Å²) in [5, 5.41) is 9.17. The zero-order chi connectivity index (χ0) is 9.42. The molecule has 1 aliphatic heterocycles. The third-order valence-corrected chi connectivity index (χ3v) is 2.22. The maximum Gasteiger partial charge on any atom is 0.339 e. The first-order chi connectivity index (χ1) is 6.22. The van der Waals surface area contributed by atoms with E-state index in [1.54, 1.807) is 12.1 Å². The topological polar surface area (TPSA) is 46.5 Å². The maximum absolute atomic E-state index is 11.3.